The summed E-state index contributed by atoms with van der Waals surface area (Å²) >= 11 is 12.3. The predicted molar refractivity (Wildman–Crippen MR) is 172 cm³/mol. The average molecular weight is 639 g/mol. The Morgan fingerprint density at radius 3 is 2.02 bits per heavy atom. The molecule has 0 aliphatic rings. The lowest BCUT2D eigenvalue weighted by Crippen LogP contribution is -2.53. The first kappa shape index (κ1) is 32.1. The molecular weight excluding hydrogens is 605 g/mol. The Kier molecular flexibility index (Phi) is 11.2. The minimum atomic E-state index is -4.24. The molecule has 0 fully saturated rings. The maximum atomic E-state index is 14.3. The van der Waals surface area contributed by atoms with Gasteiger partial charge in [-0.3, -0.25) is 13.9 Å². The highest BCUT2D eigenvalue weighted by molar-refractivity contribution is 7.92. The number of nitrogens with zero attached hydrogens (tertiary/aromatic N) is 2. The number of benzene rings is 4. The van der Waals surface area contributed by atoms with Crippen molar-refractivity contribution in [2.45, 2.75) is 37.2 Å². The summed E-state index contributed by atoms with van der Waals surface area (Å²) in [5.74, 6) is -0.862. The van der Waals surface area contributed by atoms with E-state index < -0.39 is 28.5 Å². The highest BCUT2D eigenvalue weighted by atomic mass is 35.5. The summed E-state index contributed by atoms with van der Waals surface area (Å²) in [4.78, 5) is 29.4. The summed E-state index contributed by atoms with van der Waals surface area (Å²) in [6.07, 6.45) is 0.967. The second kappa shape index (κ2) is 15.0. The molecule has 0 unspecified atom stereocenters. The van der Waals surface area contributed by atoms with E-state index in [0.29, 0.717) is 16.6 Å². The number of amides is 2. The van der Waals surface area contributed by atoms with Crippen LogP contribution in [0.15, 0.2) is 114 Å². The van der Waals surface area contributed by atoms with Crippen LogP contribution in [0.4, 0.5) is 5.69 Å². The number of hydrogen-bond donors (Lipinski definition) is 1. The van der Waals surface area contributed by atoms with E-state index >= 15 is 0 Å². The van der Waals surface area contributed by atoms with Crippen molar-refractivity contribution >= 4 is 50.7 Å². The van der Waals surface area contributed by atoms with Crippen LogP contribution in [0.3, 0.4) is 0 Å². The zero-order chi connectivity index (χ0) is 30.8. The SMILES string of the molecule is CCCNC(=O)[C@H](Cc1ccccc1)N(Cc1ccccc1)C(=O)CN(c1cccc(Cl)c1)S(=O)(=O)c1ccc(Cl)cc1. The summed E-state index contributed by atoms with van der Waals surface area (Å²) in [6, 6.07) is 29.8. The maximum absolute atomic E-state index is 14.3. The van der Waals surface area contributed by atoms with Crippen LogP contribution in [0, 0.1) is 0 Å². The number of nitrogens with one attached hydrogen (secondary N) is 1. The topological polar surface area (TPSA) is 86.8 Å². The van der Waals surface area contributed by atoms with Gasteiger partial charge >= 0.3 is 0 Å². The molecule has 0 radical (unpaired) electrons. The van der Waals surface area contributed by atoms with E-state index in [1.807, 2.05) is 67.6 Å². The fourth-order valence-corrected chi connectivity index (χ4v) is 6.31. The standard InChI is InChI=1S/C33H33Cl2N3O4S/c1-2-20-36-33(40)31(21-25-10-5-3-6-11-25)37(23-26-12-7-4-8-13-26)32(39)24-38(29-15-9-14-28(35)22-29)43(41,42)30-18-16-27(34)17-19-30/h3-19,22,31H,2,20-21,23-24H2,1H3,(H,36,40)/t31-/m0/s1. The molecule has 0 saturated heterocycles. The van der Waals surface area contributed by atoms with Crippen LogP contribution < -0.4 is 9.62 Å². The largest absolute Gasteiger partial charge is 0.354 e. The van der Waals surface area contributed by atoms with E-state index in [2.05, 4.69) is 5.32 Å². The van der Waals surface area contributed by atoms with Crippen molar-refractivity contribution in [2.75, 3.05) is 17.4 Å². The molecule has 1 atom stereocenters. The third kappa shape index (κ3) is 8.60. The highest BCUT2D eigenvalue weighted by Gasteiger charge is 2.34. The Balaban J connectivity index is 1.78. The lowest BCUT2D eigenvalue weighted by Gasteiger charge is -2.34. The lowest BCUT2D eigenvalue weighted by molar-refractivity contribution is -0.140. The Bertz CT molecular complexity index is 1620. The van der Waals surface area contributed by atoms with Gasteiger partial charge in [0.15, 0.2) is 0 Å². The van der Waals surface area contributed by atoms with Gasteiger partial charge in [-0.15, -0.1) is 0 Å². The van der Waals surface area contributed by atoms with E-state index in [1.165, 1.54) is 35.2 Å². The summed E-state index contributed by atoms with van der Waals surface area (Å²) in [6.45, 7) is 1.92. The van der Waals surface area contributed by atoms with Crippen molar-refractivity contribution in [1.82, 2.24) is 10.2 Å². The molecule has 0 heterocycles. The van der Waals surface area contributed by atoms with E-state index in [4.69, 9.17) is 23.2 Å². The van der Waals surface area contributed by atoms with Crippen molar-refractivity contribution in [3.05, 3.63) is 130 Å². The minimum absolute atomic E-state index is 0.0409. The van der Waals surface area contributed by atoms with Gasteiger partial charge in [0, 0.05) is 29.6 Å². The normalized spacial score (nSPS) is 11.9. The quantitative estimate of drug-likeness (QED) is 0.185. The molecule has 224 valence electrons. The summed E-state index contributed by atoms with van der Waals surface area (Å²) in [5, 5.41) is 3.62. The Labute approximate surface area is 263 Å². The molecule has 4 rings (SSSR count). The third-order valence-corrected chi connectivity index (χ3v) is 9.07. The number of halogens is 2. The van der Waals surface area contributed by atoms with Crippen molar-refractivity contribution in [1.29, 1.82) is 0 Å². The summed E-state index contributed by atoms with van der Waals surface area (Å²) < 4.78 is 29.0. The third-order valence-electron chi connectivity index (χ3n) is 6.79. The van der Waals surface area contributed by atoms with Gasteiger partial charge in [0.05, 0.1) is 10.6 Å². The molecule has 0 bridgehead atoms. The molecule has 4 aromatic carbocycles. The van der Waals surface area contributed by atoms with E-state index in [1.54, 1.807) is 18.2 Å². The number of carbonyl (C=O) groups excluding carboxylic acids is 2. The highest BCUT2D eigenvalue weighted by Crippen LogP contribution is 2.28. The number of sulfonamides is 1. The minimum Gasteiger partial charge on any atom is -0.354 e. The second-order valence-corrected chi connectivity index (χ2v) is 12.7. The van der Waals surface area contributed by atoms with Crippen LogP contribution in [0.1, 0.15) is 24.5 Å². The van der Waals surface area contributed by atoms with Crippen LogP contribution in [-0.2, 0) is 32.6 Å². The molecule has 0 spiro atoms. The first-order valence-corrected chi connectivity index (χ1v) is 16.1. The van der Waals surface area contributed by atoms with Crippen molar-refractivity contribution in [2.24, 2.45) is 0 Å². The number of carbonyl (C=O) groups is 2. The zero-order valence-corrected chi connectivity index (χ0v) is 26.0. The predicted octanol–water partition coefficient (Wildman–Crippen LogP) is 6.36. The van der Waals surface area contributed by atoms with Gasteiger partial charge in [-0.2, -0.15) is 0 Å². The molecular formula is C33H33Cl2N3O4S. The van der Waals surface area contributed by atoms with Crippen LogP contribution >= 0.6 is 23.2 Å². The van der Waals surface area contributed by atoms with E-state index in [-0.39, 0.29) is 29.5 Å². The fraction of sp³-hybridized carbons (Fsp3) is 0.212. The van der Waals surface area contributed by atoms with Gasteiger partial charge in [-0.25, -0.2) is 8.42 Å². The number of anilines is 1. The number of hydrogen-bond acceptors (Lipinski definition) is 4. The monoisotopic (exact) mass is 637 g/mol. The zero-order valence-electron chi connectivity index (χ0n) is 23.7. The Hall–Kier alpha value is -3.85. The Morgan fingerprint density at radius 1 is 0.791 bits per heavy atom. The maximum Gasteiger partial charge on any atom is 0.264 e. The van der Waals surface area contributed by atoms with E-state index in [9.17, 15) is 18.0 Å². The molecule has 43 heavy (non-hydrogen) atoms. The second-order valence-electron chi connectivity index (χ2n) is 9.95. The molecule has 4 aromatic rings. The van der Waals surface area contributed by atoms with Crippen LogP contribution in [-0.4, -0.2) is 44.3 Å². The molecule has 1 N–H and O–H groups in total. The van der Waals surface area contributed by atoms with Gasteiger partial charge in [-0.05, 0) is 60.0 Å². The molecule has 0 aliphatic carbocycles. The molecule has 0 saturated carbocycles. The summed E-state index contributed by atoms with van der Waals surface area (Å²) in [7, 11) is -4.24. The molecule has 0 aliphatic heterocycles. The fourth-order valence-electron chi connectivity index (χ4n) is 4.59. The average Bonchev–Trinajstić information content (AvgIpc) is 3.01. The van der Waals surface area contributed by atoms with Crippen LogP contribution in [0.25, 0.3) is 0 Å². The van der Waals surface area contributed by atoms with Gasteiger partial charge in [0.1, 0.15) is 12.6 Å². The number of rotatable bonds is 13. The van der Waals surface area contributed by atoms with Gasteiger partial charge in [0.2, 0.25) is 11.8 Å². The van der Waals surface area contributed by atoms with Crippen LogP contribution in [0.2, 0.25) is 10.0 Å². The smallest absolute Gasteiger partial charge is 0.264 e. The summed E-state index contributed by atoms with van der Waals surface area (Å²) in [5.41, 5.74) is 1.88. The molecule has 7 nitrogen and oxygen atoms in total. The van der Waals surface area contributed by atoms with Crippen molar-refractivity contribution in [3.63, 3.8) is 0 Å². The first-order chi connectivity index (χ1) is 20.7. The van der Waals surface area contributed by atoms with Gasteiger partial charge < -0.3 is 10.2 Å². The van der Waals surface area contributed by atoms with E-state index in [0.717, 1.165) is 21.9 Å². The van der Waals surface area contributed by atoms with Gasteiger partial charge in [-0.1, -0.05) is 96.9 Å². The molecule has 2 amide bonds. The van der Waals surface area contributed by atoms with Gasteiger partial charge in [0.25, 0.3) is 10.0 Å². The van der Waals surface area contributed by atoms with Crippen molar-refractivity contribution < 1.29 is 18.0 Å². The molecule has 0 aromatic heterocycles. The first-order valence-electron chi connectivity index (χ1n) is 13.9. The molecule has 10 heteroatoms. The van der Waals surface area contributed by atoms with Crippen LogP contribution in [0.5, 0.6) is 0 Å². The Morgan fingerprint density at radius 2 is 1.42 bits per heavy atom. The lowest BCUT2D eigenvalue weighted by atomic mass is 10.0. The van der Waals surface area contributed by atoms with Crippen molar-refractivity contribution in [3.8, 4) is 0 Å².